The maximum atomic E-state index is 12.1. The Morgan fingerprint density at radius 1 is 1.27 bits per heavy atom. The van der Waals surface area contributed by atoms with E-state index in [-0.39, 0.29) is 5.25 Å². The molecular formula is C18H20N4OS3. The number of nitrogens with zero attached hydrogens (tertiary/aromatic N) is 4. The van der Waals surface area contributed by atoms with Gasteiger partial charge in [-0.3, -0.25) is 4.79 Å². The summed E-state index contributed by atoms with van der Waals surface area (Å²) in [6.07, 6.45) is 3.82. The predicted molar refractivity (Wildman–Crippen MR) is 108 cm³/mol. The number of thioether (sulfide) groups is 2. The molecule has 1 atom stereocenters. The van der Waals surface area contributed by atoms with Crippen LogP contribution in [0.15, 0.2) is 33.8 Å². The first-order chi connectivity index (χ1) is 12.7. The molecule has 26 heavy (non-hydrogen) atoms. The Balaban J connectivity index is 1.46. The number of rotatable bonds is 6. The summed E-state index contributed by atoms with van der Waals surface area (Å²) >= 11 is 4.99. The number of carbonyl (C=O) groups excluding carboxylic acids is 1. The summed E-state index contributed by atoms with van der Waals surface area (Å²) in [5.74, 6) is 2.04. The molecule has 0 amide bonds. The van der Waals surface area contributed by atoms with Crippen molar-refractivity contribution in [3.8, 4) is 0 Å². The first-order valence-electron chi connectivity index (χ1n) is 8.84. The third kappa shape index (κ3) is 3.82. The number of ketones is 1. The van der Waals surface area contributed by atoms with Crippen LogP contribution in [0.5, 0.6) is 0 Å². The van der Waals surface area contributed by atoms with Crippen molar-refractivity contribution in [2.45, 2.75) is 59.7 Å². The highest BCUT2D eigenvalue weighted by molar-refractivity contribution is 8.00. The van der Waals surface area contributed by atoms with Crippen LogP contribution in [-0.4, -0.2) is 30.8 Å². The van der Waals surface area contributed by atoms with Crippen LogP contribution in [0.4, 0.5) is 0 Å². The molecule has 0 unspecified atom stereocenters. The summed E-state index contributed by atoms with van der Waals surface area (Å²) < 4.78 is 4.39. The minimum absolute atomic E-state index is 0.0445. The predicted octanol–water partition coefficient (Wildman–Crippen LogP) is 4.80. The lowest BCUT2D eigenvalue weighted by molar-refractivity contribution is -0.119. The van der Waals surface area contributed by atoms with Crippen LogP contribution in [0.3, 0.4) is 0 Å². The van der Waals surface area contributed by atoms with Gasteiger partial charge in [0.15, 0.2) is 9.50 Å². The number of hydrogen-bond acceptors (Lipinski definition) is 7. The van der Waals surface area contributed by atoms with Gasteiger partial charge in [-0.2, -0.15) is 0 Å². The number of fused-ring (bicyclic) bond motifs is 1. The van der Waals surface area contributed by atoms with Crippen molar-refractivity contribution < 1.29 is 4.79 Å². The number of hydrogen-bond donors (Lipinski definition) is 0. The molecule has 1 aliphatic carbocycles. The van der Waals surface area contributed by atoms with Crippen molar-refractivity contribution in [1.82, 2.24) is 19.7 Å². The number of Topliss-reactive ketones (excluding diaryl/α,β-unsaturated/α-hetero) is 1. The summed E-state index contributed by atoms with van der Waals surface area (Å²) in [6, 6.07) is 8.20. The van der Waals surface area contributed by atoms with Crippen LogP contribution in [0.25, 0.3) is 10.2 Å². The highest BCUT2D eigenvalue weighted by atomic mass is 32.2. The second-order valence-corrected chi connectivity index (χ2v) is 9.62. The van der Waals surface area contributed by atoms with Crippen molar-refractivity contribution in [3.05, 3.63) is 30.1 Å². The molecule has 8 heteroatoms. The number of thiazole rings is 1. The molecule has 2 aromatic heterocycles. The van der Waals surface area contributed by atoms with Gasteiger partial charge in [0.1, 0.15) is 11.6 Å². The third-order valence-corrected chi connectivity index (χ3v) is 7.93. The Kier molecular flexibility index (Phi) is 5.61. The molecule has 1 saturated carbocycles. The molecule has 0 spiro atoms. The molecule has 1 aromatic carbocycles. The lowest BCUT2D eigenvalue weighted by atomic mass is 9.99. The quantitative estimate of drug-likeness (QED) is 0.550. The lowest BCUT2D eigenvalue weighted by Crippen LogP contribution is -2.22. The Bertz CT molecular complexity index is 887. The van der Waals surface area contributed by atoms with Gasteiger partial charge >= 0.3 is 0 Å². The average molecular weight is 405 g/mol. The molecule has 0 aliphatic heterocycles. The van der Waals surface area contributed by atoms with Crippen LogP contribution in [-0.2, 0) is 17.1 Å². The Hall–Kier alpha value is -1.38. The van der Waals surface area contributed by atoms with Crippen molar-refractivity contribution in [1.29, 1.82) is 0 Å². The van der Waals surface area contributed by atoms with Crippen LogP contribution < -0.4 is 0 Å². The molecule has 0 radical (unpaired) electrons. The summed E-state index contributed by atoms with van der Waals surface area (Å²) in [4.78, 5) is 16.8. The smallest absolute Gasteiger partial charge is 0.191 e. The van der Waals surface area contributed by atoms with E-state index in [1.165, 1.54) is 4.70 Å². The van der Waals surface area contributed by atoms with Crippen LogP contribution in [0.1, 0.15) is 38.4 Å². The van der Waals surface area contributed by atoms with E-state index in [4.69, 9.17) is 0 Å². The van der Waals surface area contributed by atoms with E-state index >= 15 is 0 Å². The van der Waals surface area contributed by atoms with Crippen molar-refractivity contribution in [2.75, 3.05) is 0 Å². The number of benzene rings is 1. The van der Waals surface area contributed by atoms with Gasteiger partial charge in [0.05, 0.1) is 21.2 Å². The van der Waals surface area contributed by atoms with Gasteiger partial charge < -0.3 is 4.57 Å². The number of aromatic nitrogens is 4. The van der Waals surface area contributed by atoms with E-state index in [2.05, 4.69) is 32.7 Å². The monoisotopic (exact) mass is 404 g/mol. The van der Waals surface area contributed by atoms with Crippen molar-refractivity contribution >= 4 is 50.9 Å². The fourth-order valence-corrected chi connectivity index (χ4v) is 6.32. The van der Waals surface area contributed by atoms with E-state index in [1.807, 2.05) is 18.2 Å². The summed E-state index contributed by atoms with van der Waals surface area (Å²) in [6.45, 7) is 2.91. The van der Waals surface area contributed by atoms with E-state index < -0.39 is 0 Å². The molecule has 0 bridgehead atoms. The fraction of sp³-hybridized carbons (Fsp3) is 0.444. The maximum Gasteiger partial charge on any atom is 0.191 e. The highest BCUT2D eigenvalue weighted by Crippen LogP contribution is 2.33. The molecule has 3 aromatic rings. The van der Waals surface area contributed by atoms with Crippen molar-refractivity contribution in [3.63, 3.8) is 0 Å². The SMILES string of the molecule is CCn1c(CSc2nc3ccccc3s2)nnc1S[C@@H]1CCCCC1=O. The van der Waals surface area contributed by atoms with Crippen molar-refractivity contribution in [2.24, 2.45) is 0 Å². The van der Waals surface area contributed by atoms with Gasteiger partial charge in [-0.15, -0.1) is 21.5 Å². The van der Waals surface area contributed by atoms with Gasteiger partial charge in [0.25, 0.3) is 0 Å². The fourth-order valence-electron chi connectivity index (χ4n) is 3.07. The lowest BCUT2D eigenvalue weighted by Gasteiger charge is -2.19. The molecule has 136 valence electrons. The second kappa shape index (κ2) is 8.10. The van der Waals surface area contributed by atoms with E-state index in [0.717, 1.165) is 52.4 Å². The minimum atomic E-state index is 0.0445. The highest BCUT2D eigenvalue weighted by Gasteiger charge is 2.26. The molecular weight excluding hydrogens is 384 g/mol. The van der Waals surface area contributed by atoms with Crippen LogP contribution in [0, 0.1) is 0 Å². The zero-order chi connectivity index (χ0) is 17.9. The molecule has 4 rings (SSSR count). The average Bonchev–Trinajstić information content (AvgIpc) is 3.24. The Morgan fingerprint density at radius 2 is 2.15 bits per heavy atom. The second-order valence-electron chi connectivity index (χ2n) is 6.20. The van der Waals surface area contributed by atoms with Gasteiger partial charge in [0.2, 0.25) is 0 Å². The molecule has 2 heterocycles. The van der Waals surface area contributed by atoms with Gasteiger partial charge in [0, 0.05) is 13.0 Å². The van der Waals surface area contributed by atoms with Gasteiger partial charge in [-0.05, 0) is 31.9 Å². The Morgan fingerprint density at radius 3 is 2.96 bits per heavy atom. The molecule has 5 nitrogen and oxygen atoms in total. The Labute approximate surface area is 165 Å². The van der Waals surface area contributed by atoms with E-state index in [9.17, 15) is 4.79 Å². The topological polar surface area (TPSA) is 60.7 Å². The standard InChI is InChI=1S/C18H20N4OS3/c1-2-22-16(11-24-18-19-12-7-3-5-9-14(12)26-18)20-21-17(22)25-15-10-6-4-8-13(15)23/h3,5,7,9,15H,2,4,6,8,10-11H2,1H3/t15-/m1/s1. The largest absolute Gasteiger partial charge is 0.306 e. The zero-order valence-corrected chi connectivity index (χ0v) is 17.0. The summed E-state index contributed by atoms with van der Waals surface area (Å²) in [5, 5.41) is 9.66. The van der Waals surface area contributed by atoms with Crippen LogP contribution >= 0.6 is 34.9 Å². The summed E-state index contributed by atoms with van der Waals surface area (Å²) in [5.41, 5.74) is 1.05. The number of carbonyl (C=O) groups is 1. The van der Waals surface area contributed by atoms with Gasteiger partial charge in [-0.25, -0.2) is 4.98 Å². The van der Waals surface area contributed by atoms with Gasteiger partial charge in [-0.1, -0.05) is 42.1 Å². The zero-order valence-electron chi connectivity index (χ0n) is 14.6. The minimum Gasteiger partial charge on any atom is -0.306 e. The van der Waals surface area contributed by atoms with Crippen LogP contribution in [0.2, 0.25) is 0 Å². The van der Waals surface area contributed by atoms with E-state index in [1.54, 1.807) is 34.9 Å². The maximum absolute atomic E-state index is 12.1. The third-order valence-electron chi connectivity index (χ3n) is 4.45. The van der Waals surface area contributed by atoms with E-state index in [0.29, 0.717) is 12.2 Å². The first kappa shape index (κ1) is 18.0. The molecule has 0 saturated heterocycles. The molecule has 0 N–H and O–H groups in total. The summed E-state index contributed by atoms with van der Waals surface area (Å²) in [7, 11) is 0. The first-order valence-corrected chi connectivity index (χ1v) is 11.5. The normalized spacial score (nSPS) is 17.9. The molecule has 1 aliphatic rings. The number of para-hydroxylation sites is 1. The molecule has 1 fully saturated rings.